The van der Waals surface area contributed by atoms with Gasteiger partial charge in [0, 0.05) is 27.8 Å². The summed E-state index contributed by atoms with van der Waals surface area (Å²) in [5.41, 5.74) is 4.29. The van der Waals surface area contributed by atoms with E-state index in [1.807, 2.05) is 43.3 Å². The fourth-order valence-electron chi connectivity index (χ4n) is 2.52. The molecule has 0 amide bonds. The van der Waals surface area contributed by atoms with Crippen molar-refractivity contribution in [1.29, 1.82) is 0 Å². The summed E-state index contributed by atoms with van der Waals surface area (Å²) in [5.74, 6) is 0. The van der Waals surface area contributed by atoms with E-state index in [1.54, 1.807) is 0 Å². The second-order valence-electron chi connectivity index (χ2n) is 5.25. The number of para-hydroxylation sites is 1. The summed E-state index contributed by atoms with van der Waals surface area (Å²) >= 11 is 6.07. The first-order chi connectivity index (χ1) is 10.1. The fourth-order valence-corrected chi connectivity index (χ4v) is 2.72. The minimum atomic E-state index is 0.175. The average Bonchev–Trinajstić information content (AvgIpc) is 2.47. The zero-order chi connectivity index (χ0) is 14.8. The minimum absolute atomic E-state index is 0.175. The Kier molecular flexibility index (Phi) is 3.80. The summed E-state index contributed by atoms with van der Waals surface area (Å²) < 4.78 is 0. The Morgan fingerprint density at radius 1 is 1.05 bits per heavy atom. The van der Waals surface area contributed by atoms with Crippen LogP contribution in [0.15, 0.2) is 54.6 Å². The van der Waals surface area contributed by atoms with Crippen molar-refractivity contribution in [3.05, 3.63) is 70.9 Å². The van der Waals surface area contributed by atoms with Crippen LogP contribution in [0.5, 0.6) is 0 Å². The van der Waals surface area contributed by atoms with Crippen LogP contribution in [-0.4, -0.2) is 4.98 Å². The van der Waals surface area contributed by atoms with Crippen LogP contribution < -0.4 is 5.32 Å². The van der Waals surface area contributed by atoms with Crippen LogP contribution in [0.4, 0.5) is 5.69 Å². The van der Waals surface area contributed by atoms with Gasteiger partial charge >= 0.3 is 0 Å². The summed E-state index contributed by atoms with van der Waals surface area (Å²) in [6.45, 7) is 4.15. The molecule has 3 heteroatoms. The van der Waals surface area contributed by atoms with Crippen LogP contribution in [0, 0.1) is 6.92 Å². The number of pyridine rings is 1. The van der Waals surface area contributed by atoms with E-state index in [0.717, 1.165) is 27.3 Å². The van der Waals surface area contributed by atoms with E-state index in [-0.39, 0.29) is 6.04 Å². The van der Waals surface area contributed by atoms with Crippen LogP contribution in [-0.2, 0) is 0 Å². The molecular weight excluding hydrogens is 280 g/mol. The highest BCUT2D eigenvalue weighted by atomic mass is 35.5. The Bertz CT molecular complexity index is 783. The number of nitrogens with zero attached hydrogens (tertiary/aromatic N) is 1. The zero-order valence-electron chi connectivity index (χ0n) is 12.1. The van der Waals surface area contributed by atoms with Crippen molar-refractivity contribution in [2.45, 2.75) is 19.9 Å². The lowest BCUT2D eigenvalue weighted by Gasteiger charge is -2.18. The first-order valence-electron chi connectivity index (χ1n) is 7.02. The summed E-state index contributed by atoms with van der Waals surface area (Å²) in [5, 5.41) is 5.47. The monoisotopic (exact) mass is 296 g/mol. The number of hydrogen-bond acceptors (Lipinski definition) is 2. The van der Waals surface area contributed by atoms with Crippen molar-refractivity contribution in [3.63, 3.8) is 0 Å². The van der Waals surface area contributed by atoms with Crippen LogP contribution in [0.2, 0.25) is 5.02 Å². The van der Waals surface area contributed by atoms with E-state index in [4.69, 9.17) is 11.6 Å². The number of nitrogens with one attached hydrogen (secondary N) is 1. The summed E-state index contributed by atoms with van der Waals surface area (Å²) in [6, 6.07) is 18.4. The molecule has 1 unspecified atom stereocenters. The Morgan fingerprint density at radius 3 is 2.67 bits per heavy atom. The molecule has 3 rings (SSSR count). The highest BCUT2D eigenvalue weighted by Crippen LogP contribution is 2.27. The predicted molar refractivity (Wildman–Crippen MR) is 90.0 cm³/mol. The number of hydrogen-bond donors (Lipinski definition) is 1. The lowest BCUT2D eigenvalue weighted by Crippen LogP contribution is -2.07. The summed E-state index contributed by atoms with van der Waals surface area (Å²) in [4.78, 5) is 4.57. The summed E-state index contributed by atoms with van der Waals surface area (Å²) in [6.07, 6.45) is 0. The maximum Gasteiger partial charge on any atom is 0.0725 e. The molecule has 1 heterocycles. The van der Waals surface area contributed by atoms with Gasteiger partial charge in [0.05, 0.1) is 5.52 Å². The third-order valence-corrected chi connectivity index (χ3v) is 3.80. The molecule has 0 aliphatic rings. The molecule has 0 aliphatic heterocycles. The van der Waals surface area contributed by atoms with E-state index >= 15 is 0 Å². The normalized spacial score (nSPS) is 12.3. The van der Waals surface area contributed by atoms with Gasteiger partial charge < -0.3 is 5.32 Å². The minimum Gasteiger partial charge on any atom is -0.378 e. The molecular formula is C18H17ClN2. The smallest absolute Gasteiger partial charge is 0.0725 e. The molecule has 21 heavy (non-hydrogen) atoms. The van der Waals surface area contributed by atoms with Gasteiger partial charge in [0.1, 0.15) is 0 Å². The molecule has 0 saturated heterocycles. The van der Waals surface area contributed by atoms with Gasteiger partial charge in [0.15, 0.2) is 0 Å². The fraction of sp³-hybridized carbons (Fsp3) is 0.167. The van der Waals surface area contributed by atoms with Crippen molar-refractivity contribution in [2.24, 2.45) is 0 Å². The molecule has 0 saturated carbocycles. The van der Waals surface area contributed by atoms with Gasteiger partial charge in [-0.25, -0.2) is 0 Å². The second kappa shape index (κ2) is 5.74. The van der Waals surface area contributed by atoms with Crippen molar-refractivity contribution in [2.75, 3.05) is 5.32 Å². The van der Waals surface area contributed by atoms with Gasteiger partial charge in [-0.2, -0.15) is 0 Å². The maximum absolute atomic E-state index is 6.07. The lowest BCUT2D eigenvalue weighted by atomic mass is 10.1. The number of fused-ring (bicyclic) bond motifs is 1. The molecule has 106 valence electrons. The van der Waals surface area contributed by atoms with E-state index in [1.165, 1.54) is 5.56 Å². The summed E-state index contributed by atoms with van der Waals surface area (Å²) in [7, 11) is 0. The molecule has 0 bridgehead atoms. The molecule has 0 aliphatic carbocycles. The van der Waals surface area contributed by atoms with Gasteiger partial charge in [-0.3, -0.25) is 4.98 Å². The first kappa shape index (κ1) is 13.9. The molecule has 3 aromatic rings. The Morgan fingerprint density at radius 2 is 1.86 bits per heavy atom. The third kappa shape index (κ3) is 3.01. The van der Waals surface area contributed by atoms with Crippen LogP contribution in [0.25, 0.3) is 10.9 Å². The first-order valence-corrected chi connectivity index (χ1v) is 7.39. The van der Waals surface area contributed by atoms with Gasteiger partial charge in [-0.1, -0.05) is 41.9 Å². The van der Waals surface area contributed by atoms with Crippen molar-refractivity contribution < 1.29 is 0 Å². The molecule has 1 aromatic heterocycles. The molecule has 0 radical (unpaired) electrons. The maximum atomic E-state index is 6.07. The molecule has 2 nitrogen and oxygen atoms in total. The Hall–Kier alpha value is -2.06. The predicted octanol–water partition coefficient (Wildman–Crippen LogP) is 5.37. The molecule has 1 N–H and O–H groups in total. The van der Waals surface area contributed by atoms with Crippen LogP contribution in [0.1, 0.15) is 24.2 Å². The van der Waals surface area contributed by atoms with E-state index in [9.17, 15) is 0 Å². The third-order valence-electron chi connectivity index (χ3n) is 3.56. The number of benzene rings is 2. The topological polar surface area (TPSA) is 24.9 Å². The van der Waals surface area contributed by atoms with E-state index in [0.29, 0.717) is 0 Å². The number of aromatic nitrogens is 1. The molecule has 0 spiro atoms. The zero-order valence-corrected chi connectivity index (χ0v) is 12.9. The van der Waals surface area contributed by atoms with Gasteiger partial charge in [0.2, 0.25) is 0 Å². The Balaban J connectivity index is 1.98. The molecule has 0 fully saturated rings. The van der Waals surface area contributed by atoms with Crippen molar-refractivity contribution in [1.82, 2.24) is 4.98 Å². The van der Waals surface area contributed by atoms with Crippen molar-refractivity contribution in [3.8, 4) is 0 Å². The lowest BCUT2D eigenvalue weighted by molar-refractivity contribution is 0.886. The van der Waals surface area contributed by atoms with Gasteiger partial charge in [-0.05, 0) is 43.7 Å². The quantitative estimate of drug-likeness (QED) is 0.703. The van der Waals surface area contributed by atoms with Gasteiger partial charge in [0.25, 0.3) is 0 Å². The van der Waals surface area contributed by atoms with Crippen molar-refractivity contribution >= 4 is 28.2 Å². The Labute approximate surface area is 129 Å². The van der Waals surface area contributed by atoms with Crippen LogP contribution >= 0.6 is 11.6 Å². The van der Waals surface area contributed by atoms with E-state index < -0.39 is 0 Å². The largest absolute Gasteiger partial charge is 0.378 e. The SMILES string of the molecule is Cc1cc(NC(C)c2cccc(Cl)c2)c2ccccc2n1. The highest BCUT2D eigenvalue weighted by Gasteiger charge is 2.09. The molecule has 2 aromatic carbocycles. The number of aryl methyl sites for hydroxylation is 1. The highest BCUT2D eigenvalue weighted by molar-refractivity contribution is 6.30. The molecule has 1 atom stereocenters. The number of halogens is 1. The van der Waals surface area contributed by atoms with E-state index in [2.05, 4.69) is 35.4 Å². The second-order valence-corrected chi connectivity index (χ2v) is 5.69. The number of rotatable bonds is 3. The number of anilines is 1. The average molecular weight is 297 g/mol. The standard InChI is InChI=1S/C18H17ClN2/c1-12-10-18(16-8-3-4-9-17(16)20-12)21-13(2)14-6-5-7-15(19)11-14/h3-11,13H,1-2H3,(H,20,21). The van der Waals surface area contributed by atoms with Gasteiger partial charge in [-0.15, -0.1) is 0 Å². The van der Waals surface area contributed by atoms with Crippen LogP contribution in [0.3, 0.4) is 0 Å².